The molecule has 0 spiro atoms. The maximum Gasteiger partial charge on any atom is 0.338 e. The Labute approximate surface area is 137 Å². The molecule has 2 aromatic carbocycles. The van der Waals surface area contributed by atoms with Gasteiger partial charge in [-0.3, -0.25) is 15.1 Å². The summed E-state index contributed by atoms with van der Waals surface area (Å²) in [7, 11) is 0. The molecule has 7 heteroatoms. The van der Waals surface area contributed by atoms with Crippen molar-refractivity contribution in [3.8, 4) is 0 Å². The highest BCUT2D eigenvalue weighted by molar-refractivity contribution is 6.08. The molecule has 0 aliphatic carbocycles. The van der Waals surface area contributed by atoms with Gasteiger partial charge in [-0.05, 0) is 12.1 Å². The number of nitrogens with one attached hydrogen (secondary N) is 2. The Balaban J connectivity index is 1.67. The molecule has 7 nitrogen and oxygen atoms in total. The van der Waals surface area contributed by atoms with Crippen LogP contribution in [0.4, 0.5) is 4.79 Å². The van der Waals surface area contributed by atoms with Crippen molar-refractivity contribution in [2.24, 2.45) is 0 Å². The molecule has 1 aromatic heterocycles. The van der Waals surface area contributed by atoms with Gasteiger partial charge in [-0.1, -0.05) is 36.4 Å². The Kier molecular flexibility index (Phi) is 3.44. The van der Waals surface area contributed by atoms with Crippen molar-refractivity contribution in [3.63, 3.8) is 0 Å². The first-order valence-corrected chi connectivity index (χ1v) is 7.68. The van der Waals surface area contributed by atoms with Crippen LogP contribution < -0.4 is 10.7 Å². The van der Waals surface area contributed by atoms with Gasteiger partial charge in [0.15, 0.2) is 0 Å². The number of aliphatic hydroxyl groups excluding tert-OH is 1. The quantitative estimate of drug-likeness (QED) is 0.675. The molecule has 1 atom stereocenters. The molecule has 122 valence electrons. The van der Waals surface area contributed by atoms with Gasteiger partial charge in [0.1, 0.15) is 0 Å². The maximum absolute atomic E-state index is 11.8. The number of nitrogens with zero attached hydrogens (tertiary/aromatic N) is 2. The molecule has 1 aliphatic heterocycles. The van der Waals surface area contributed by atoms with Gasteiger partial charge in [-0.2, -0.15) is 5.43 Å². The summed E-state index contributed by atoms with van der Waals surface area (Å²) >= 11 is 0. The van der Waals surface area contributed by atoms with Gasteiger partial charge in [-0.25, -0.2) is 4.79 Å². The summed E-state index contributed by atoms with van der Waals surface area (Å²) < 4.78 is 2.13. The Hall–Kier alpha value is -2.90. The smallest absolute Gasteiger partial charge is 0.338 e. The lowest BCUT2D eigenvalue weighted by Gasteiger charge is -2.30. The van der Waals surface area contributed by atoms with Crippen LogP contribution in [0.25, 0.3) is 21.8 Å². The van der Waals surface area contributed by atoms with Gasteiger partial charge in [0, 0.05) is 28.4 Å². The van der Waals surface area contributed by atoms with Crippen LogP contribution in [-0.2, 0) is 11.3 Å². The summed E-state index contributed by atoms with van der Waals surface area (Å²) in [5, 5.41) is 15.2. The third-order valence-corrected chi connectivity index (χ3v) is 4.23. The summed E-state index contributed by atoms with van der Waals surface area (Å²) in [4.78, 5) is 23.1. The average Bonchev–Trinajstić information content (AvgIpc) is 2.91. The summed E-state index contributed by atoms with van der Waals surface area (Å²) in [5.74, 6) is -0.742. The predicted molar refractivity (Wildman–Crippen MR) is 88.8 cm³/mol. The molecule has 1 saturated heterocycles. The van der Waals surface area contributed by atoms with Crippen molar-refractivity contribution < 1.29 is 14.7 Å². The third kappa shape index (κ3) is 2.31. The van der Waals surface area contributed by atoms with Crippen LogP contribution in [0.5, 0.6) is 0 Å². The van der Waals surface area contributed by atoms with E-state index < -0.39 is 18.2 Å². The lowest BCUT2D eigenvalue weighted by atomic mass is 10.2. The lowest BCUT2D eigenvalue weighted by Crippen LogP contribution is -2.64. The number of para-hydroxylation sites is 2. The number of rotatable bonds is 3. The number of hydrogen-bond acceptors (Lipinski definition) is 4. The average molecular weight is 324 g/mol. The van der Waals surface area contributed by atoms with E-state index in [1.165, 1.54) is 5.01 Å². The number of aromatic nitrogens is 1. The molecular formula is C17H16N4O3. The van der Waals surface area contributed by atoms with E-state index in [1.807, 2.05) is 36.4 Å². The van der Waals surface area contributed by atoms with Crippen molar-refractivity contribution >= 4 is 33.7 Å². The first-order valence-electron chi connectivity index (χ1n) is 7.68. The number of hydrazine groups is 1. The largest absolute Gasteiger partial charge is 0.369 e. The molecule has 3 N–H and O–H groups in total. The van der Waals surface area contributed by atoms with Crippen LogP contribution in [-0.4, -0.2) is 39.4 Å². The van der Waals surface area contributed by atoms with Crippen molar-refractivity contribution in [1.29, 1.82) is 0 Å². The molecule has 0 saturated carbocycles. The van der Waals surface area contributed by atoms with Crippen molar-refractivity contribution in [1.82, 2.24) is 20.3 Å². The number of urea groups is 1. The molecule has 1 fully saturated rings. The Morgan fingerprint density at radius 3 is 2.12 bits per heavy atom. The zero-order chi connectivity index (χ0) is 16.7. The van der Waals surface area contributed by atoms with Gasteiger partial charge in [-0.15, -0.1) is 0 Å². The minimum atomic E-state index is -1.42. The highest BCUT2D eigenvalue weighted by atomic mass is 16.3. The number of carbonyl (C=O) groups is 2. The molecule has 0 bridgehead atoms. The van der Waals surface area contributed by atoms with Crippen LogP contribution in [0.15, 0.2) is 48.5 Å². The molecule has 0 radical (unpaired) electrons. The fourth-order valence-electron chi connectivity index (χ4n) is 3.12. The minimum Gasteiger partial charge on any atom is -0.369 e. The Bertz CT molecular complexity index is 896. The number of aliphatic hydroxyl groups is 1. The van der Waals surface area contributed by atoms with E-state index in [2.05, 4.69) is 27.4 Å². The van der Waals surface area contributed by atoms with E-state index in [9.17, 15) is 14.7 Å². The number of imide groups is 1. The normalized spacial score (nSPS) is 18.4. The van der Waals surface area contributed by atoms with E-state index in [4.69, 9.17) is 0 Å². The monoisotopic (exact) mass is 324 g/mol. The molecule has 2 heterocycles. The van der Waals surface area contributed by atoms with E-state index in [-0.39, 0.29) is 0 Å². The van der Waals surface area contributed by atoms with Crippen LogP contribution in [0, 0.1) is 0 Å². The van der Waals surface area contributed by atoms with Crippen molar-refractivity contribution in [3.05, 3.63) is 48.5 Å². The second-order valence-electron chi connectivity index (χ2n) is 5.66. The fourth-order valence-corrected chi connectivity index (χ4v) is 3.12. The molecule has 3 amide bonds. The second kappa shape index (κ2) is 5.63. The third-order valence-electron chi connectivity index (χ3n) is 4.23. The van der Waals surface area contributed by atoms with Crippen LogP contribution in [0.2, 0.25) is 0 Å². The van der Waals surface area contributed by atoms with Crippen LogP contribution in [0.3, 0.4) is 0 Å². The van der Waals surface area contributed by atoms with Gasteiger partial charge in [0.2, 0.25) is 6.23 Å². The number of hydrogen-bond donors (Lipinski definition) is 3. The highest BCUT2D eigenvalue weighted by Gasteiger charge is 2.29. The lowest BCUT2D eigenvalue weighted by molar-refractivity contribution is -0.135. The van der Waals surface area contributed by atoms with Gasteiger partial charge in [0.05, 0.1) is 6.54 Å². The number of amides is 3. The summed E-state index contributed by atoms with van der Waals surface area (Å²) in [6.07, 6.45) is -1.42. The Morgan fingerprint density at radius 1 is 0.917 bits per heavy atom. The zero-order valence-corrected chi connectivity index (χ0v) is 12.8. The highest BCUT2D eigenvalue weighted by Crippen LogP contribution is 2.28. The van der Waals surface area contributed by atoms with Gasteiger partial charge >= 0.3 is 6.03 Å². The fraction of sp³-hybridized carbons (Fsp3) is 0.176. The topological polar surface area (TPSA) is 86.6 Å². The molecule has 1 aliphatic rings. The van der Waals surface area contributed by atoms with Gasteiger partial charge in [0.25, 0.3) is 5.91 Å². The summed E-state index contributed by atoms with van der Waals surface area (Å²) in [6, 6.07) is 15.6. The van der Waals surface area contributed by atoms with Crippen LogP contribution in [0.1, 0.15) is 0 Å². The molecule has 1 unspecified atom stereocenters. The molecule has 24 heavy (non-hydrogen) atoms. The molecule has 3 aromatic rings. The first kappa shape index (κ1) is 14.7. The van der Waals surface area contributed by atoms with Crippen molar-refractivity contribution in [2.45, 2.75) is 12.8 Å². The SMILES string of the molecule is O=C1NC(=O)N(CCn2c3ccccc3c3ccccc32)NC1O. The molecular weight excluding hydrogens is 308 g/mol. The van der Waals surface area contributed by atoms with Crippen LogP contribution >= 0.6 is 0 Å². The molecule has 4 rings (SSSR count). The standard InChI is InChI=1S/C17H16N4O3/c22-15-16(23)19-21(17(24)18-15)10-9-20-13-7-3-1-5-11(13)12-6-2-4-8-14(12)20/h1-8,16,19,23H,9-10H2,(H,18,22,24). The van der Waals surface area contributed by atoms with E-state index in [0.29, 0.717) is 13.1 Å². The maximum atomic E-state index is 11.8. The summed E-state index contributed by atoms with van der Waals surface area (Å²) in [5.41, 5.74) is 4.64. The zero-order valence-electron chi connectivity index (χ0n) is 12.8. The summed E-state index contributed by atoms with van der Waals surface area (Å²) in [6.45, 7) is 0.828. The van der Waals surface area contributed by atoms with E-state index in [1.54, 1.807) is 0 Å². The number of benzene rings is 2. The first-order chi connectivity index (χ1) is 11.6. The second-order valence-corrected chi connectivity index (χ2v) is 5.66. The van der Waals surface area contributed by atoms with E-state index in [0.717, 1.165) is 21.8 Å². The minimum absolute atomic E-state index is 0.304. The number of fused-ring (bicyclic) bond motifs is 3. The predicted octanol–water partition coefficient (Wildman–Crippen LogP) is 1.17. The van der Waals surface area contributed by atoms with E-state index >= 15 is 0 Å². The number of carbonyl (C=O) groups excluding carboxylic acids is 2. The Morgan fingerprint density at radius 2 is 1.50 bits per heavy atom. The van der Waals surface area contributed by atoms with Crippen molar-refractivity contribution in [2.75, 3.05) is 6.54 Å². The van der Waals surface area contributed by atoms with Gasteiger partial charge < -0.3 is 9.67 Å².